The topological polar surface area (TPSA) is 87.0 Å². The van der Waals surface area contributed by atoms with Crippen LogP contribution in [-0.4, -0.2) is 53.9 Å². The van der Waals surface area contributed by atoms with Gasteiger partial charge in [-0.2, -0.15) is 0 Å². The zero-order valence-corrected chi connectivity index (χ0v) is 17.4. The smallest absolute Gasteiger partial charge is 0.269 e. The Balaban J connectivity index is 1.30. The van der Waals surface area contributed by atoms with Crippen LogP contribution in [0.5, 0.6) is 0 Å². The van der Waals surface area contributed by atoms with Gasteiger partial charge in [0.25, 0.3) is 11.6 Å². The minimum atomic E-state index is -0.458. The van der Waals surface area contributed by atoms with E-state index >= 15 is 0 Å². The van der Waals surface area contributed by atoms with Crippen LogP contribution in [0.25, 0.3) is 10.8 Å². The van der Waals surface area contributed by atoms with Crippen LogP contribution in [-0.2, 0) is 9.59 Å². The van der Waals surface area contributed by atoms with E-state index in [4.69, 9.17) is 0 Å². The minimum absolute atomic E-state index is 0.0657. The number of rotatable bonds is 4. The van der Waals surface area contributed by atoms with Crippen LogP contribution in [0, 0.1) is 10.1 Å². The number of hydrogen-bond acceptors (Lipinski definition) is 6. The first-order chi connectivity index (χ1) is 15.5. The quantitative estimate of drug-likeness (QED) is 0.359. The van der Waals surface area contributed by atoms with Gasteiger partial charge in [0.1, 0.15) is 0 Å². The van der Waals surface area contributed by atoms with E-state index < -0.39 is 11.0 Å². The van der Waals surface area contributed by atoms with Crippen molar-refractivity contribution in [2.75, 3.05) is 36.0 Å². The van der Waals surface area contributed by atoms with E-state index in [1.54, 1.807) is 12.1 Å². The van der Waals surface area contributed by atoms with Gasteiger partial charge >= 0.3 is 0 Å². The molecule has 2 aliphatic heterocycles. The first kappa shape index (κ1) is 20.1. The van der Waals surface area contributed by atoms with Gasteiger partial charge in [-0.3, -0.25) is 24.6 Å². The zero-order chi connectivity index (χ0) is 22.2. The lowest BCUT2D eigenvalue weighted by atomic mass is 10.1. The molecule has 2 fully saturated rings. The normalized spacial score (nSPS) is 19.7. The number of benzene rings is 3. The third-order valence-electron chi connectivity index (χ3n) is 6.31. The molecule has 0 bridgehead atoms. The molecule has 3 aromatic carbocycles. The summed E-state index contributed by atoms with van der Waals surface area (Å²) in [6.07, 6.45) is 0.180. The summed E-state index contributed by atoms with van der Waals surface area (Å²) in [6.45, 7) is 2.65. The lowest BCUT2D eigenvalue weighted by Gasteiger charge is -2.38. The zero-order valence-electron chi connectivity index (χ0n) is 17.4. The molecule has 0 radical (unpaired) electrons. The summed E-state index contributed by atoms with van der Waals surface area (Å²) in [7, 11) is 0. The van der Waals surface area contributed by atoms with Gasteiger partial charge in [0.05, 0.1) is 23.1 Å². The van der Waals surface area contributed by atoms with E-state index in [-0.39, 0.29) is 23.9 Å². The Morgan fingerprint density at radius 1 is 0.844 bits per heavy atom. The van der Waals surface area contributed by atoms with E-state index in [1.807, 2.05) is 42.5 Å². The van der Waals surface area contributed by atoms with Gasteiger partial charge in [-0.05, 0) is 23.6 Å². The molecular weight excluding hydrogens is 408 g/mol. The highest BCUT2D eigenvalue weighted by Crippen LogP contribution is 2.32. The molecule has 5 rings (SSSR count). The molecular formula is C24H22N4O4. The summed E-state index contributed by atoms with van der Waals surface area (Å²) >= 11 is 0. The van der Waals surface area contributed by atoms with E-state index in [2.05, 4.69) is 9.80 Å². The van der Waals surface area contributed by atoms with Crippen molar-refractivity contribution >= 4 is 39.6 Å². The second-order valence-electron chi connectivity index (χ2n) is 8.08. The van der Waals surface area contributed by atoms with Crippen LogP contribution >= 0.6 is 0 Å². The Hall–Kier alpha value is -3.78. The molecule has 0 aromatic heterocycles. The predicted molar refractivity (Wildman–Crippen MR) is 122 cm³/mol. The van der Waals surface area contributed by atoms with Gasteiger partial charge in [-0.15, -0.1) is 0 Å². The van der Waals surface area contributed by atoms with Crippen LogP contribution in [0.4, 0.5) is 17.1 Å². The number of nitro benzene ring substituents is 1. The monoisotopic (exact) mass is 430 g/mol. The van der Waals surface area contributed by atoms with E-state index in [1.165, 1.54) is 17.0 Å². The number of nitro groups is 1. The van der Waals surface area contributed by atoms with Gasteiger partial charge in [0, 0.05) is 49.4 Å². The number of fused-ring (bicyclic) bond motifs is 1. The van der Waals surface area contributed by atoms with E-state index in [0.717, 1.165) is 16.5 Å². The third-order valence-corrected chi connectivity index (χ3v) is 6.31. The van der Waals surface area contributed by atoms with Crippen LogP contribution in [0.1, 0.15) is 6.42 Å². The van der Waals surface area contributed by atoms with Crippen molar-refractivity contribution in [1.29, 1.82) is 0 Å². The second-order valence-corrected chi connectivity index (χ2v) is 8.08. The van der Waals surface area contributed by atoms with Crippen LogP contribution < -0.4 is 9.80 Å². The lowest BCUT2D eigenvalue weighted by molar-refractivity contribution is -0.384. The molecule has 2 amide bonds. The van der Waals surface area contributed by atoms with Gasteiger partial charge in [0.15, 0.2) is 0 Å². The van der Waals surface area contributed by atoms with Crippen LogP contribution in [0.3, 0.4) is 0 Å². The fourth-order valence-electron chi connectivity index (χ4n) is 4.63. The summed E-state index contributed by atoms with van der Waals surface area (Å²) in [5, 5.41) is 12.7. The van der Waals surface area contributed by atoms with Crippen molar-refractivity contribution in [3.8, 4) is 0 Å². The van der Waals surface area contributed by atoms with Gasteiger partial charge in [-0.25, -0.2) is 4.90 Å². The van der Waals surface area contributed by atoms with E-state index in [0.29, 0.717) is 31.9 Å². The first-order valence-electron chi connectivity index (χ1n) is 10.6. The second kappa shape index (κ2) is 8.05. The fourth-order valence-corrected chi connectivity index (χ4v) is 4.63. The van der Waals surface area contributed by atoms with E-state index in [9.17, 15) is 19.7 Å². The number of piperazine rings is 1. The van der Waals surface area contributed by atoms with Crippen molar-refractivity contribution in [3.63, 3.8) is 0 Å². The highest BCUT2D eigenvalue weighted by atomic mass is 16.6. The molecule has 8 nitrogen and oxygen atoms in total. The molecule has 3 aromatic rings. The predicted octanol–water partition coefficient (Wildman–Crippen LogP) is 3.20. The largest absolute Gasteiger partial charge is 0.369 e. The van der Waals surface area contributed by atoms with Crippen molar-refractivity contribution in [2.45, 2.75) is 12.5 Å². The Bertz CT molecular complexity index is 1200. The molecule has 2 heterocycles. The molecule has 8 heteroatoms. The maximum Gasteiger partial charge on any atom is 0.269 e. The number of amides is 2. The average molecular weight is 430 g/mol. The van der Waals surface area contributed by atoms with Crippen molar-refractivity contribution in [3.05, 3.63) is 76.8 Å². The number of non-ortho nitro benzene ring substituents is 1. The third kappa shape index (κ3) is 3.48. The summed E-state index contributed by atoms with van der Waals surface area (Å²) in [5.74, 6) is -0.343. The SMILES string of the molecule is O=C1CC(N2CCN(c3ccc([N+](=O)[O-])cc3)CC2)C(=O)N1c1cccc2ccccc12. The number of carbonyl (C=O) groups is 2. The Morgan fingerprint density at radius 2 is 1.53 bits per heavy atom. The molecule has 2 aliphatic rings. The summed E-state index contributed by atoms with van der Waals surface area (Å²) in [6, 6.07) is 19.5. The molecule has 2 saturated heterocycles. The summed E-state index contributed by atoms with van der Waals surface area (Å²) < 4.78 is 0. The number of anilines is 2. The number of nitrogens with zero attached hydrogens (tertiary/aromatic N) is 4. The fraction of sp³-hybridized carbons (Fsp3) is 0.250. The average Bonchev–Trinajstić information content (AvgIpc) is 3.12. The molecule has 0 aliphatic carbocycles. The standard InChI is InChI=1S/C24H22N4O4/c29-23-16-22(24(30)27(23)21-7-3-5-17-4-1-2-6-20(17)21)26-14-12-25(13-15-26)18-8-10-19(11-9-18)28(31)32/h1-11,22H,12-16H2. The Kier molecular flexibility index (Phi) is 5.07. The van der Waals surface area contributed by atoms with Crippen LogP contribution in [0.15, 0.2) is 66.7 Å². The highest BCUT2D eigenvalue weighted by Gasteiger charge is 2.43. The highest BCUT2D eigenvalue weighted by molar-refractivity contribution is 6.25. The lowest BCUT2D eigenvalue weighted by Crippen LogP contribution is -2.52. The number of carbonyl (C=O) groups excluding carboxylic acids is 2. The molecule has 1 unspecified atom stereocenters. The van der Waals surface area contributed by atoms with Gasteiger partial charge in [0.2, 0.25) is 5.91 Å². The van der Waals surface area contributed by atoms with Crippen molar-refractivity contribution < 1.29 is 14.5 Å². The molecule has 1 atom stereocenters. The molecule has 162 valence electrons. The minimum Gasteiger partial charge on any atom is -0.369 e. The first-order valence-corrected chi connectivity index (χ1v) is 10.6. The van der Waals surface area contributed by atoms with Crippen molar-refractivity contribution in [2.24, 2.45) is 0 Å². The molecule has 0 N–H and O–H groups in total. The van der Waals surface area contributed by atoms with Gasteiger partial charge in [-0.1, -0.05) is 36.4 Å². The van der Waals surface area contributed by atoms with Gasteiger partial charge < -0.3 is 4.90 Å². The molecule has 0 saturated carbocycles. The number of imide groups is 1. The summed E-state index contributed by atoms with van der Waals surface area (Å²) in [5.41, 5.74) is 1.63. The molecule has 0 spiro atoms. The van der Waals surface area contributed by atoms with Crippen LogP contribution in [0.2, 0.25) is 0 Å². The maximum absolute atomic E-state index is 13.3. The molecule has 32 heavy (non-hydrogen) atoms. The Labute approximate surface area is 184 Å². The Morgan fingerprint density at radius 3 is 2.25 bits per heavy atom. The number of hydrogen-bond donors (Lipinski definition) is 0. The summed E-state index contributed by atoms with van der Waals surface area (Å²) in [4.78, 5) is 42.2. The maximum atomic E-state index is 13.3. The van der Waals surface area contributed by atoms with Crippen molar-refractivity contribution in [1.82, 2.24) is 4.90 Å².